The fourth-order valence-electron chi connectivity index (χ4n) is 3.68. The second-order valence-electron chi connectivity index (χ2n) is 7.66. The van der Waals surface area contributed by atoms with Crippen molar-refractivity contribution in [3.63, 3.8) is 0 Å². The summed E-state index contributed by atoms with van der Waals surface area (Å²) in [6.45, 7) is 7.67. The molecule has 3 aromatic rings. The number of fused-ring (bicyclic) bond motifs is 1. The molecular weight excluding hydrogens is 398 g/mol. The Morgan fingerprint density at radius 3 is 3.03 bits per heavy atom. The van der Waals surface area contributed by atoms with Crippen LogP contribution in [0.4, 0.5) is 5.13 Å². The molecule has 2 N–H and O–H groups in total. The molecule has 7 nitrogen and oxygen atoms in total. The Morgan fingerprint density at radius 1 is 1.43 bits per heavy atom. The van der Waals surface area contributed by atoms with Crippen LogP contribution in [0.2, 0.25) is 0 Å². The summed E-state index contributed by atoms with van der Waals surface area (Å²) in [5, 5.41) is 8.04. The van der Waals surface area contributed by atoms with Crippen molar-refractivity contribution >= 4 is 38.8 Å². The van der Waals surface area contributed by atoms with Crippen molar-refractivity contribution in [1.29, 1.82) is 0 Å². The van der Waals surface area contributed by atoms with E-state index in [1.807, 2.05) is 24.3 Å². The molecule has 1 aliphatic heterocycles. The third-order valence-corrected chi connectivity index (χ3v) is 6.40. The molecule has 2 atom stereocenters. The number of nitrogens with zero attached hydrogens (tertiary/aromatic N) is 3. The summed E-state index contributed by atoms with van der Waals surface area (Å²) in [6, 6.07) is 9.54. The van der Waals surface area contributed by atoms with E-state index in [0.29, 0.717) is 0 Å². The predicted octanol–water partition coefficient (Wildman–Crippen LogP) is 3.84. The van der Waals surface area contributed by atoms with Gasteiger partial charge in [0, 0.05) is 30.1 Å². The highest BCUT2D eigenvalue weighted by Crippen LogP contribution is 2.25. The number of carbonyl (C=O) groups excluding carboxylic acids is 1. The first-order valence-electron chi connectivity index (χ1n) is 10.2. The third-order valence-electron chi connectivity index (χ3n) is 5.43. The van der Waals surface area contributed by atoms with Crippen LogP contribution in [0.15, 0.2) is 35.4 Å². The van der Waals surface area contributed by atoms with E-state index in [1.54, 1.807) is 13.1 Å². The number of hydrogen-bond donors (Lipinski definition) is 2. The summed E-state index contributed by atoms with van der Waals surface area (Å²) in [6.07, 6.45) is 4.23. The molecule has 3 heterocycles. The largest absolute Gasteiger partial charge is 0.376 e. The van der Waals surface area contributed by atoms with Crippen molar-refractivity contribution < 1.29 is 9.53 Å². The maximum absolute atomic E-state index is 12.4. The minimum atomic E-state index is -0.449. The molecule has 1 aromatic carbocycles. The highest BCUT2D eigenvalue weighted by molar-refractivity contribution is 7.22. The lowest BCUT2D eigenvalue weighted by molar-refractivity contribution is -0.121. The minimum absolute atomic E-state index is 0.210. The van der Waals surface area contributed by atoms with Crippen LogP contribution in [0.25, 0.3) is 10.2 Å². The number of nitrogens with one attached hydrogen (secondary N) is 2. The fourth-order valence-corrected chi connectivity index (χ4v) is 4.63. The third kappa shape index (κ3) is 4.55. The molecule has 30 heavy (non-hydrogen) atoms. The number of rotatable bonds is 7. The smallest absolute Gasteiger partial charge is 0.262 e. The van der Waals surface area contributed by atoms with E-state index in [-0.39, 0.29) is 12.0 Å². The molecule has 1 aliphatic rings. The summed E-state index contributed by atoms with van der Waals surface area (Å²) in [5.74, 6) is -0.210. The van der Waals surface area contributed by atoms with Gasteiger partial charge in [-0.1, -0.05) is 23.5 Å². The second kappa shape index (κ2) is 8.97. The van der Waals surface area contributed by atoms with Crippen LogP contribution in [-0.4, -0.2) is 40.4 Å². The maximum Gasteiger partial charge on any atom is 0.262 e. The zero-order valence-electron chi connectivity index (χ0n) is 17.5. The Morgan fingerprint density at radius 2 is 2.27 bits per heavy atom. The Balaban J connectivity index is 1.34. The van der Waals surface area contributed by atoms with Gasteiger partial charge >= 0.3 is 0 Å². The van der Waals surface area contributed by atoms with Gasteiger partial charge in [-0.25, -0.2) is 10.4 Å². The average Bonchev–Trinajstić information content (AvgIpc) is 3.44. The van der Waals surface area contributed by atoms with E-state index in [0.717, 1.165) is 52.6 Å². The van der Waals surface area contributed by atoms with E-state index in [2.05, 4.69) is 45.3 Å². The monoisotopic (exact) mass is 425 g/mol. The van der Waals surface area contributed by atoms with Crippen molar-refractivity contribution in [2.75, 3.05) is 11.9 Å². The SMILES string of the molecule is Cc1cc(/C=N\NC(=O)[C@H](C)Nc2nc3ccccc3s2)c(C)n1C[C@@H]1CCCO1. The van der Waals surface area contributed by atoms with Gasteiger partial charge in [0.15, 0.2) is 5.13 Å². The Labute approximate surface area is 180 Å². The molecule has 0 saturated carbocycles. The van der Waals surface area contributed by atoms with Gasteiger partial charge in [-0.3, -0.25) is 4.79 Å². The molecule has 8 heteroatoms. The number of anilines is 1. The van der Waals surface area contributed by atoms with E-state index >= 15 is 0 Å². The Kier molecular flexibility index (Phi) is 6.15. The van der Waals surface area contributed by atoms with E-state index < -0.39 is 6.04 Å². The molecule has 1 fully saturated rings. The highest BCUT2D eigenvalue weighted by Gasteiger charge is 2.19. The lowest BCUT2D eigenvalue weighted by Gasteiger charge is -2.14. The number of carbonyl (C=O) groups is 1. The first kappa shape index (κ1) is 20.6. The zero-order chi connectivity index (χ0) is 21.1. The molecular formula is C22H27N5O2S. The van der Waals surface area contributed by atoms with Crippen LogP contribution in [0.1, 0.15) is 36.7 Å². The first-order chi connectivity index (χ1) is 14.5. The van der Waals surface area contributed by atoms with Crippen molar-refractivity contribution in [2.24, 2.45) is 5.10 Å². The Bertz CT molecular complexity index is 1030. The molecule has 0 aliphatic carbocycles. The maximum atomic E-state index is 12.4. The van der Waals surface area contributed by atoms with Gasteiger partial charge in [-0.15, -0.1) is 0 Å². The quantitative estimate of drug-likeness (QED) is 0.445. The van der Waals surface area contributed by atoms with Gasteiger partial charge in [0.05, 0.1) is 22.5 Å². The molecule has 0 unspecified atom stereocenters. The van der Waals surface area contributed by atoms with Gasteiger partial charge in [-0.05, 0) is 51.8 Å². The van der Waals surface area contributed by atoms with Gasteiger partial charge in [0.1, 0.15) is 6.04 Å². The van der Waals surface area contributed by atoms with Crippen molar-refractivity contribution in [2.45, 2.75) is 52.3 Å². The van der Waals surface area contributed by atoms with E-state index in [9.17, 15) is 4.79 Å². The standard InChI is InChI=1S/C22H27N5O2S/c1-14-11-17(16(3)27(14)13-18-7-6-10-29-18)12-23-26-21(28)15(2)24-22-25-19-8-4-5-9-20(19)30-22/h4-5,8-9,11-12,15,18H,6-7,10,13H2,1-3H3,(H,24,25)(H,26,28)/b23-12-/t15-,18-/m0/s1. The van der Waals surface area contributed by atoms with Crippen LogP contribution in [0, 0.1) is 13.8 Å². The van der Waals surface area contributed by atoms with Crippen LogP contribution in [-0.2, 0) is 16.1 Å². The summed E-state index contributed by atoms with van der Waals surface area (Å²) in [5.41, 5.74) is 6.84. The number of para-hydroxylation sites is 1. The van der Waals surface area contributed by atoms with Crippen LogP contribution >= 0.6 is 11.3 Å². The summed E-state index contributed by atoms with van der Waals surface area (Å²) >= 11 is 1.53. The lowest BCUT2D eigenvalue weighted by atomic mass is 10.2. The number of aryl methyl sites for hydroxylation is 1. The van der Waals surface area contributed by atoms with Crippen molar-refractivity contribution in [3.8, 4) is 0 Å². The van der Waals surface area contributed by atoms with Gasteiger partial charge < -0.3 is 14.6 Å². The molecule has 2 aromatic heterocycles. The molecule has 0 radical (unpaired) electrons. The summed E-state index contributed by atoms with van der Waals surface area (Å²) < 4.78 is 9.11. The van der Waals surface area contributed by atoms with Crippen LogP contribution in [0.5, 0.6) is 0 Å². The predicted molar refractivity (Wildman–Crippen MR) is 121 cm³/mol. The molecule has 1 saturated heterocycles. The normalized spacial score (nSPS) is 17.6. The second-order valence-corrected chi connectivity index (χ2v) is 8.69. The molecule has 0 spiro atoms. The number of thiazole rings is 1. The van der Waals surface area contributed by atoms with E-state index in [1.165, 1.54) is 17.0 Å². The molecule has 4 rings (SSSR count). The van der Waals surface area contributed by atoms with E-state index in [4.69, 9.17) is 4.74 Å². The minimum Gasteiger partial charge on any atom is -0.376 e. The van der Waals surface area contributed by atoms with Crippen molar-refractivity contribution in [3.05, 3.63) is 47.3 Å². The number of benzene rings is 1. The lowest BCUT2D eigenvalue weighted by Crippen LogP contribution is -2.34. The number of ether oxygens (including phenoxy) is 1. The number of hydrogen-bond acceptors (Lipinski definition) is 6. The number of amides is 1. The zero-order valence-corrected chi connectivity index (χ0v) is 18.3. The van der Waals surface area contributed by atoms with Gasteiger partial charge in [0.2, 0.25) is 0 Å². The molecule has 1 amide bonds. The fraction of sp³-hybridized carbons (Fsp3) is 0.409. The van der Waals surface area contributed by atoms with Crippen molar-refractivity contribution in [1.82, 2.24) is 15.0 Å². The average molecular weight is 426 g/mol. The number of aromatic nitrogens is 2. The first-order valence-corrected chi connectivity index (χ1v) is 11.1. The molecule has 158 valence electrons. The number of hydrazone groups is 1. The highest BCUT2D eigenvalue weighted by atomic mass is 32.1. The summed E-state index contributed by atoms with van der Waals surface area (Å²) in [7, 11) is 0. The van der Waals surface area contributed by atoms with Gasteiger partial charge in [-0.2, -0.15) is 5.10 Å². The topological polar surface area (TPSA) is 80.5 Å². The summed E-state index contributed by atoms with van der Waals surface area (Å²) in [4.78, 5) is 16.9. The molecule has 0 bridgehead atoms. The van der Waals surface area contributed by atoms with Crippen LogP contribution in [0.3, 0.4) is 0 Å². The van der Waals surface area contributed by atoms with Crippen LogP contribution < -0.4 is 10.7 Å². The van der Waals surface area contributed by atoms with Gasteiger partial charge in [0.25, 0.3) is 5.91 Å². The Hall–Kier alpha value is -2.71.